The van der Waals surface area contributed by atoms with E-state index in [4.69, 9.17) is 0 Å². The molecule has 0 aromatic heterocycles. The van der Waals surface area contributed by atoms with Crippen LogP contribution in [-0.4, -0.2) is 31.1 Å². The van der Waals surface area contributed by atoms with Crippen LogP contribution in [-0.2, 0) is 0 Å². The number of halogens is 1. The lowest BCUT2D eigenvalue weighted by molar-refractivity contribution is -0.384. The molecule has 0 bridgehead atoms. The van der Waals surface area contributed by atoms with Gasteiger partial charge in [-0.05, 0) is 50.9 Å². The van der Waals surface area contributed by atoms with Crippen LogP contribution in [0.2, 0.25) is 0 Å². The number of rotatable bonds is 5. The van der Waals surface area contributed by atoms with E-state index >= 15 is 0 Å². The fraction of sp³-hybridized carbons (Fsp3) is 0.571. The lowest BCUT2D eigenvalue weighted by atomic mass is 9.98. The second-order valence-electron chi connectivity index (χ2n) is 5.14. The summed E-state index contributed by atoms with van der Waals surface area (Å²) in [5.41, 5.74) is 0.885. The molecule has 6 heteroatoms. The molecule has 1 heterocycles. The predicted molar refractivity (Wildman–Crippen MR) is 84.3 cm³/mol. The molecule has 1 fully saturated rings. The highest BCUT2D eigenvalue weighted by molar-refractivity contribution is 9.10. The fourth-order valence-electron chi connectivity index (χ4n) is 2.70. The van der Waals surface area contributed by atoms with Crippen molar-refractivity contribution in [3.63, 3.8) is 0 Å². The number of nitro benzene ring substituents is 1. The molecule has 5 nitrogen and oxygen atoms in total. The van der Waals surface area contributed by atoms with E-state index in [9.17, 15) is 10.1 Å². The first kappa shape index (κ1) is 15.3. The number of hydrogen-bond acceptors (Lipinski definition) is 4. The third-order valence-corrected chi connectivity index (χ3v) is 4.23. The monoisotopic (exact) mass is 341 g/mol. The molecule has 0 spiro atoms. The Morgan fingerprint density at radius 2 is 2.35 bits per heavy atom. The van der Waals surface area contributed by atoms with E-state index < -0.39 is 0 Å². The second-order valence-corrected chi connectivity index (χ2v) is 6.06. The van der Waals surface area contributed by atoms with Crippen LogP contribution in [0, 0.1) is 16.0 Å². The molecular weight excluding hydrogens is 322 g/mol. The van der Waals surface area contributed by atoms with Crippen molar-refractivity contribution in [2.24, 2.45) is 5.92 Å². The average Bonchev–Trinajstić information content (AvgIpc) is 2.46. The zero-order valence-corrected chi connectivity index (χ0v) is 13.2. The molecule has 0 saturated carbocycles. The van der Waals surface area contributed by atoms with Crippen LogP contribution in [0.4, 0.5) is 11.4 Å². The van der Waals surface area contributed by atoms with E-state index in [1.165, 1.54) is 12.8 Å². The van der Waals surface area contributed by atoms with Gasteiger partial charge in [0.25, 0.3) is 5.69 Å². The van der Waals surface area contributed by atoms with Gasteiger partial charge < -0.3 is 10.2 Å². The first-order chi connectivity index (χ1) is 9.61. The highest BCUT2D eigenvalue weighted by Gasteiger charge is 2.22. The SMILES string of the molecule is CCN(CC1CCCNC1)c1ccc(Br)cc1[N+](=O)[O-]. The molecule has 0 aliphatic carbocycles. The maximum absolute atomic E-state index is 11.2. The van der Waals surface area contributed by atoms with Crippen LogP contribution in [0.1, 0.15) is 19.8 Å². The maximum Gasteiger partial charge on any atom is 0.293 e. The molecule has 1 N–H and O–H groups in total. The van der Waals surface area contributed by atoms with E-state index in [2.05, 4.69) is 26.1 Å². The molecule has 1 aromatic rings. The van der Waals surface area contributed by atoms with Crippen LogP contribution in [0.25, 0.3) is 0 Å². The summed E-state index contributed by atoms with van der Waals surface area (Å²) in [7, 11) is 0. The number of nitrogens with one attached hydrogen (secondary N) is 1. The highest BCUT2D eigenvalue weighted by atomic mass is 79.9. The number of piperidine rings is 1. The van der Waals surface area contributed by atoms with Gasteiger partial charge in [-0.15, -0.1) is 0 Å². The summed E-state index contributed by atoms with van der Waals surface area (Å²) in [4.78, 5) is 13.0. The van der Waals surface area contributed by atoms with Gasteiger partial charge in [0.1, 0.15) is 5.69 Å². The van der Waals surface area contributed by atoms with Gasteiger partial charge in [0, 0.05) is 23.6 Å². The fourth-order valence-corrected chi connectivity index (χ4v) is 3.05. The van der Waals surface area contributed by atoms with Gasteiger partial charge in [-0.2, -0.15) is 0 Å². The Morgan fingerprint density at radius 3 is 2.95 bits per heavy atom. The number of anilines is 1. The first-order valence-corrected chi connectivity index (χ1v) is 7.80. The van der Waals surface area contributed by atoms with Crippen molar-refractivity contribution in [3.8, 4) is 0 Å². The number of benzene rings is 1. The minimum atomic E-state index is -0.304. The van der Waals surface area contributed by atoms with Crippen molar-refractivity contribution < 1.29 is 4.92 Å². The molecule has 1 aliphatic heterocycles. The minimum Gasteiger partial charge on any atom is -0.366 e. The Labute approximate surface area is 127 Å². The third-order valence-electron chi connectivity index (χ3n) is 3.73. The van der Waals surface area contributed by atoms with Crippen molar-refractivity contribution in [3.05, 3.63) is 32.8 Å². The average molecular weight is 342 g/mol. The largest absolute Gasteiger partial charge is 0.366 e. The molecule has 0 amide bonds. The van der Waals surface area contributed by atoms with E-state index in [1.807, 2.05) is 19.1 Å². The summed E-state index contributed by atoms with van der Waals surface area (Å²) in [6.07, 6.45) is 2.37. The molecule has 110 valence electrons. The summed E-state index contributed by atoms with van der Waals surface area (Å²) < 4.78 is 0.739. The van der Waals surface area contributed by atoms with Gasteiger partial charge in [0.05, 0.1) is 4.92 Å². The van der Waals surface area contributed by atoms with Gasteiger partial charge in [0.2, 0.25) is 0 Å². The Kier molecular flexibility index (Phi) is 5.37. The number of hydrogen-bond donors (Lipinski definition) is 1. The summed E-state index contributed by atoms with van der Waals surface area (Å²) in [5.74, 6) is 0.562. The Bertz CT molecular complexity index is 475. The van der Waals surface area contributed by atoms with Crippen molar-refractivity contribution in [1.82, 2.24) is 5.32 Å². The van der Waals surface area contributed by atoms with Crippen molar-refractivity contribution >= 4 is 27.3 Å². The Hall–Kier alpha value is -1.14. The predicted octanol–water partition coefficient (Wildman–Crippen LogP) is 3.18. The standard InChI is InChI=1S/C14H20BrN3O2/c1-2-17(10-11-4-3-7-16-9-11)13-6-5-12(15)8-14(13)18(19)20/h5-6,8,11,16H,2-4,7,9-10H2,1H3. The molecule has 1 aromatic carbocycles. The van der Waals surface area contributed by atoms with Gasteiger partial charge in [-0.25, -0.2) is 0 Å². The zero-order chi connectivity index (χ0) is 14.5. The third kappa shape index (κ3) is 3.70. The lowest BCUT2D eigenvalue weighted by Crippen LogP contribution is -2.38. The minimum absolute atomic E-state index is 0.171. The molecule has 1 saturated heterocycles. The van der Waals surface area contributed by atoms with Gasteiger partial charge in [-0.1, -0.05) is 15.9 Å². The van der Waals surface area contributed by atoms with E-state index in [-0.39, 0.29) is 10.6 Å². The van der Waals surface area contributed by atoms with Crippen LogP contribution >= 0.6 is 15.9 Å². The number of nitro groups is 1. The van der Waals surface area contributed by atoms with E-state index in [0.29, 0.717) is 11.6 Å². The maximum atomic E-state index is 11.2. The van der Waals surface area contributed by atoms with Gasteiger partial charge in [-0.3, -0.25) is 10.1 Å². The lowest BCUT2D eigenvalue weighted by Gasteiger charge is -2.30. The first-order valence-electron chi connectivity index (χ1n) is 7.01. The molecule has 1 aliphatic rings. The molecule has 20 heavy (non-hydrogen) atoms. The summed E-state index contributed by atoms with van der Waals surface area (Å²) in [5, 5.41) is 14.6. The zero-order valence-electron chi connectivity index (χ0n) is 11.6. The Balaban J connectivity index is 2.19. The van der Waals surface area contributed by atoms with Gasteiger partial charge in [0.15, 0.2) is 0 Å². The quantitative estimate of drug-likeness (QED) is 0.660. The summed E-state index contributed by atoms with van der Waals surface area (Å²) in [6.45, 7) is 5.77. The van der Waals surface area contributed by atoms with Crippen molar-refractivity contribution in [1.29, 1.82) is 0 Å². The molecular formula is C14H20BrN3O2. The van der Waals surface area contributed by atoms with E-state index in [0.717, 1.165) is 30.7 Å². The number of nitrogens with zero attached hydrogens (tertiary/aromatic N) is 2. The van der Waals surface area contributed by atoms with Crippen molar-refractivity contribution in [2.75, 3.05) is 31.1 Å². The summed E-state index contributed by atoms with van der Waals surface area (Å²) >= 11 is 3.30. The van der Waals surface area contributed by atoms with Gasteiger partial charge >= 0.3 is 0 Å². The summed E-state index contributed by atoms with van der Waals surface area (Å²) in [6, 6.07) is 5.28. The van der Waals surface area contributed by atoms with Crippen molar-refractivity contribution in [2.45, 2.75) is 19.8 Å². The van der Waals surface area contributed by atoms with Crippen LogP contribution in [0.5, 0.6) is 0 Å². The molecule has 0 radical (unpaired) electrons. The highest BCUT2D eigenvalue weighted by Crippen LogP contribution is 2.32. The molecule has 2 rings (SSSR count). The smallest absolute Gasteiger partial charge is 0.293 e. The topological polar surface area (TPSA) is 58.4 Å². The van der Waals surface area contributed by atoms with Crippen LogP contribution in [0.15, 0.2) is 22.7 Å². The second kappa shape index (κ2) is 7.04. The van der Waals surface area contributed by atoms with E-state index in [1.54, 1.807) is 6.07 Å². The normalized spacial score (nSPS) is 18.8. The molecule has 1 unspecified atom stereocenters. The molecule has 1 atom stereocenters. The van der Waals surface area contributed by atoms with Crippen LogP contribution in [0.3, 0.4) is 0 Å². The van der Waals surface area contributed by atoms with Crippen LogP contribution < -0.4 is 10.2 Å². The Morgan fingerprint density at radius 1 is 1.55 bits per heavy atom.